The van der Waals surface area contributed by atoms with E-state index in [2.05, 4.69) is 24.1 Å². The molecule has 0 aliphatic rings. The Balaban J connectivity index is 2.34. The monoisotopic (exact) mass is 390 g/mol. The predicted octanol–water partition coefficient (Wildman–Crippen LogP) is 5.67. The van der Waals surface area contributed by atoms with Crippen LogP contribution < -0.4 is 10.1 Å². The molecule has 0 aromatic heterocycles. The van der Waals surface area contributed by atoms with Crippen molar-refractivity contribution in [2.45, 2.75) is 78.1 Å². The summed E-state index contributed by atoms with van der Waals surface area (Å²) < 4.78 is 5.15. The van der Waals surface area contributed by atoms with Crippen molar-refractivity contribution in [2.75, 3.05) is 33.3 Å². The predicted molar refractivity (Wildman–Crippen MR) is 119 cm³/mol. The minimum Gasteiger partial charge on any atom is -0.497 e. The first-order chi connectivity index (χ1) is 13.7. The van der Waals surface area contributed by atoms with Crippen molar-refractivity contribution >= 4 is 5.91 Å². The summed E-state index contributed by atoms with van der Waals surface area (Å²) >= 11 is 0. The van der Waals surface area contributed by atoms with Gasteiger partial charge >= 0.3 is 0 Å². The van der Waals surface area contributed by atoms with Crippen molar-refractivity contribution in [1.29, 1.82) is 0 Å². The van der Waals surface area contributed by atoms with Crippen LogP contribution in [0.1, 0.15) is 88.4 Å². The summed E-state index contributed by atoms with van der Waals surface area (Å²) in [7, 11) is 1.63. The molecule has 0 spiro atoms. The van der Waals surface area contributed by atoms with Crippen LogP contribution in [-0.2, 0) is 0 Å². The number of methoxy groups -OCH3 is 1. The van der Waals surface area contributed by atoms with Crippen molar-refractivity contribution in [1.82, 2.24) is 10.2 Å². The molecule has 0 heterocycles. The highest BCUT2D eigenvalue weighted by Gasteiger charge is 2.08. The van der Waals surface area contributed by atoms with Gasteiger partial charge in [0, 0.05) is 18.7 Å². The van der Waals surface area contributed by atoms with E-state index < -0.39 is 0 Å². The zero-order valence-corrected chi connectivity index (χ0v) is 18.5. The Morgan fingerprint density at radius 1 is 0.821 bits per heavy atom. The summed E-state index contributed by atoms with van der Waals surface area (Å²) in [6, 6.07) is 7.28. The van der Waals surface area contributed by atoms with Crippen LogP contribution in [0.4, 0.5) is 0 Å². The summed E-state index contributed by atoms with van der Waals surface area (Å²) in [5, 5.41) is 3.07. The first-order valence-electron chi connectivity index (χ1n) is 11.4. The summed E-state index contributed by atoms with van der Waals surface area (Å²) in [5.41, 5.74) is 0.687. The second-order valence-electron chi connectivity index (χ2n) is 7.65. The van der Waals surface area contributed by atoms with E-state index in [9.17, 15) is 4.79 Å². The van der Waals surface area contributed by atoms with E-state index in [-0.39, 0.29) is 5.91 Å². The van der Waals surface area contributed by atoms with Gasteiger partial charge < -0.3 is 15.0 Å². The van der Waals surface area contributed by atoms with E-state index in [1.807, 2.05) is 24.3 Å². The van der Waals surface area contributed by atoms with E-state index >= 15 is 0 Å². The molecular formula is C24H42N2O2. The number of carbonyl (C=O) groups is 1. The Morgan fingerprint density at radius 3 is 1.86 bits per heavy atom. The van der Waals surface area contributed by atoms with Crippen LogP contribution in [0.5, 0.6) is 5.75 Å². The lowest BCUT2D eigenvalue weighted by Crippen LogP contribution is -2.36. The number of carbonyl (C=O) groups excluding carboxylic acids is 1. The Kier molecular flexibility index (Phi) is 14.4. The molecule has 0 saturated heterocycles. The molecule has 0 bridgehead atoms. The van der Waals surface area contributed by atoms with Crippen molar-refractivity contribution in [3.63, 3.8) is 0 Å². The van der Waals surface area contributed by atoms with E-state index in [4.69, 9.17) is 4.74 Å². The van der Waals surface area contributed by atoms with E-state index in [0.717, 1.165) is 25.4 Å². The Morgan fingerprint density at radius 2 is 1.36 bits per heavy atom. The lowest BCUT2D eigenvalue weighted by Gasteiger charge is -2.22. The second kappa shape index (κ2) is 16.4. The summed E-state index contributed by atoms with van der Waals surface area (Å²) in [6.45, 7) is 8.45. The fourth-order valence-corrected chi connectivity index (χ4v) is 3.39. The fraction of sp³-hybridized carbons (Fsp3) is 0.708. The number of hydrogen-bond acceptors (Lipinski definition) is 3. The van der Waals surface area contributed by atoms with Gasteiger partial charge in [0.2, 0.25) is 0 Å². The largest absolute Gasteiger partial charge is 0.497 e. The summed E-state index contributed by atoms with van der Waals surface area (Å²) in [5.74, 6) is 0.766. The normalized spacial score (nSPS) is 11.0. The van der Waals surface area contributed by atoms with Crippen molar-refractivity contribution in [3.8, 4) is 5.75 Å². The molecule has 0 fully saturated rings. The maximum atomic E-state index is 12.3. The van der Waals surface area contributed by atoms with Gasteiger partial charge in [-0.25, -0.2) is 0 Å². The zero-order chi connectivity index (χ0) is 20.5. The van der Waals surface area contributed by atoms with Crippen molar-refractivity contribution in [2.24, 2.45) is 0 Å². The number of amides is 1. The second-order valence-corrected chi connectivity index (χ2v) is 7.65. The van der Waals surface area contributed by atoms with E-state index in [0.29, 0.717) is 12.1 Å². The molecule has 1 rings (SSSR count). The Labute approximate surface area is 173 Å². The van der Waals surface area contributed by atoms with Gasteiger partial charge in [0.15, 0.2) is 0 Å². The van der Waals surface area contributed by atoms with Gasteiger partial charge in [-0.1, -0.05) is 65.2 Å². The molecular weight excluding hydrogens is 348 g/mol. The molecule has 28 heavy (non-hydrogen) atoms. The lowest BCUT2D eigenvalue weighted by atomic mass is 10.1. The minimum absolute atomic E-state index is 0.00602. The number of benzene rings is 1. The standard InChI is InChI=1S/C24H42N2O2/c1-4-6-8-10-12-19-26(20-13-11-9-7-5-2)21-18-25-24(27)22-14-16-23(28-3)17-15-22/h14-17H,4-13,18-21H2,1-3H3,(H,25,27). The average Bonchev–Trinajstić information content (AvgIpc) is 2.72. The van der Waals surface area contributed by atoms with Gasteiger partial charge in [-0.15, -0.1) is 0 Å². The lowest BCUT2D eigenvalue weighted by molar-refractivity contribution is 0.0948. The maximum absolute atomic E-state index is 12.3. The van der Waals surface area contributed by atoms with Crippen LogP contribution in [0.25, 0.3) is 0 Å². The molecule has 0 atom stereocenters. The summed E-state index contributed by atoms with van der Waals surface area (Å²) in [6.07, 6.45) is 13.1. The van der Waals surface area contributed by atoms with Gasteiger partial charge in [-0.3, -0.25) is 4.79 Å². The van der Waals surface area contributed by atoms with Gasteiger partial charge in [0.25, 0.3) is 5.91 Å². The third-order valence-electron chi connectivity index (χ3n) is 5.22. The van der Waals surface area contributed by atoms with Crippen molar-refractivity contribution in [3.05, 3.63) is 29.8 Å². The van der Waals surface area contributed by atoms with Gasteiger partial charge in [0.05, 0.1) is 7.11 Å². The first kappa shape index (κ1) is 24.5. The van der Waals surface area contributed by atoms with Crippen LogP contribution >= 0.6 is 0 Å². The maximum Gasteiger partial charge on any atom is 0.251 e. The molecule has 0 aliphatic heterocycles. The highest BCUT2D eigenvalue weighted by molar-refractivity contribution is 5.94. The third-order valence-corrected chi connectivity index (χ3v) is 5.22. The molecule has 1 aromatic carbocycles. The van der Waals surface area contributed by atoms with Crippen LogP contribution in [0, 0.1) is 0 Å². The van der Waals surface area contributed by atoms with Gasteiger partial charge in [-0.05, 0) is 50.2 Å². The van der Waals surface area contributed by atoms with Gasteiger partial charge in [-0.2, -0.15) is 0 Å². The number of ether oxygens (including phenoxy) is 1. The number of rotatable bonds is 17. The quantitative estimate of drug-likeness (QED) is 0.349. The highest BCUT2D eigenvalue weighted by Crippen LogP contribution is 2.11. The molecule has 1 amide bonds. The number of nitrogens with zero attached hydrogens (tertiary/aromatic N) is 1. The molecule has 1 N–H and O–H groups in total. The zero-order valence-electron chi connectivity index (χ0n) is 18.5. The molecule has 0 saturated carbocycles. The van der Waals surface area contributed by atoms with Crippen LogP contribution in [0.3, 0.4) is 0 Å². The number of nitrogens with one attached hydrogen (secondary N) is 1. The number of unbranched alkanes of at least 4 members (excludes halogenated alkanes) is 8. The van der Waals surface area contributed by atoms with Crippen LogP contribution in [0.15, 0.2) is 24.3 Å². The Hall–Kier alpha value is -1.55. The highest BCUT2D eigenvalue weighted by atomic mass is 16.5. The van der Waals surface area contributed by atoms with Crippen LogP contribution in [-0.4, -0.2) is 44.1 Å². The first-order valence-corrected chi connectivity index (χ1v) is 11.4. The van der Waals surface area contributed by atoms with Crippen LogP contribution in [0.2, 0.25) is 0 Å². The minimum atomic E-state index is -0.00602. The Bertz CT molecular complexity index is 488. The molecule has 1 aromatic rings. The smallest absolute Gasteiger partial charge is 0.251 e. The molecule has 4 heteroatoms. The molecule has 160 valence electrons. The fourth-order valence-electron chi connectivity index (χ4n) is 3.39. The SMILES string of the molecule is CCCCCCCN(CCCCCCC)CCNC(=O)c1ccc(OC)cc1. The van der Waals surface area contributed by atoms with E-state index in [1.54, 1.807) is 7.11 Å². The van der Waals surface area contributed by atoms with E-state index in [1.165, 1.54) is 64.2 Å². The molecule has 4 nitrogen and oxygen atoms in total. The third kappa shape index (κ3) is 11.3. The average molecular weight is 391 g/mol. The molecule has 0 unspecified atom stereocenters. The molecule has 0 radical (unpaired) electrons. The topological polar surface area (TPSA) is 41.6 Å². The summed E-state index contributed by atoms with van der Waals surface area (Å²) in [4.78, 5) is 14.9. The molecule has 0 aliphatic carbocycles. The number of hydrogen-bond donors (Lipinski definition) is 1. The van der Waals surface area contributed by atoms with Gasteiger partial charge in [0.1, 0.15) is 5.75 Å². The van der Waals surface area contributed by atoms with Crippen molar-refractivity contribution < 1.29 is 9.53 Å².